The Balaban J connectivity index is 1.43. The van der Waals surface area contributed by atoms with Crippen LogP contribution >= 0.6 is 0 Å². The van der Waals surface area contributed by atoms with Crippen LogP contribution in [0.25, 0.3) is 0 Å². The number of sulfonamides is 1. The molecule has 2 heterocycles. The zero-order valence-electron chi connectivity index (χ0n) is 19.3. The molecular formula is C24H30N4O5S. The van der Waals surface area contributed by atoms with E-state index >= 15 is 0 Å². The molecule has 34 heavy (non-hydrogen) atoms. The standard InChI is InChI=1S/C24H30N4O5S/c1-2-26(19-8-4-3-5-9-19)15-12-25-23(29)17-28-21-16-20(10-11-22(21)33-18-24(28)30)34(31,32)27-13-6-7-14-27/h3-5,8-11,16H,2,6-7,12-15,17-18H2,1H3,(H,25,29). The first-order chi connectivity index (χ1) is 16.4. The van der Waals surface area contributed by atoms with Crippen LogP contribution < -0.4 is 19.9 Å². The molecule has 2 aromatic carbocycles. The lowest BCUT2D eigenvalue weighted by atomic mass is 10.2. The molecular weight excluding hydrogens is 456 g/mol. The molecule has 0 bridgehead atoms. The van der Waals surface area contributed by atoms with Gasteiger partial charge >= 0.3 is 0 Å². The van der Waals surface area contributed by atoms with Crippen LogP contribution in [0, 0.1) is 0 Å². The van der Waals surface area contributed by atoms with Crippen molar-refractivity contribution in [2.24, 2.45) is 0 Å². The first-order valence-corrected chi connectivity index (χ1v) is 13.0. The third kappa shape index (κ3) is 5.18. The number of nitrogens with one attached hydrogen (secondary N) is 1. The summed E-state index contributed by atoms with van der Waals surface area (Å²) in [5, 5.41) is 2.86. The van der Waals surface area contributed by atoms with Gasteiger partial charge in [0.1, 0.15) is 12.3 Å². The van der Waals surface area contributed by atoms with Crippen molar-refractivity contribution in [3.8, 4) is 5.75 Å². The second kappa shape index (κ2) is 10.4. The number of carbonyl (C=O) groups is 2. The molecule has 1 fully saturated rings. The summed E-state index contributed by atoms with van der Waals surface area (Å²) in [6.07, 6.45) is 1.66. The first kappa shape index (κ1) is 24.0. The van der Waals surface area contributed by atoms with E-state index in [1.807, 2.05) is 37.3 Å². The maximum absolute atomic E-state index is 13.0. The number of carbonyl (C=O) groups excluding carboxylic acids is 2. The maximum Gasteiger partial charge on any atom is 0.265 e. The molecule has 4 rings (SSSR count). The van der Waals surface area contributed by atoms with E-state index in [9.17, 15) is 18.0 Å². The second-order valence-electron chi connectivity index (χ2n) is 8.27. The van der Waals surface area contributed by atoms with Crippen LogP contribution in [0.5, 0.6) is 5.75 Å². The van der Waals surface area contributed by atoms with E-state index in [-0.39, 0.29) is 24.0 Å². The Morgan fingerprint density at radius 2 is 1.85 bits per heavy atom. The minimum Gasteiger partial charge on any atom is -0.482 e. The number of hydrogen-bond acceptors (Lipinski definition) is 6. The number of anilines is 2. The van der Waals surface area contributed by atoms with Crippen LogP contribution in [0.3, 0.4) is 0 Å². The van der Waals surface area contributed by atoms with Crippen LogP contribution in [-0.4, -0.2) is 70.4 Å². The number of fused-ring (bicyclic) bond motifs is 1. The van der Waals surface area contributed by atoms with Crippen molar-refractivity contribution in [1.82, 2.24) is 9.62 Å². The lowest BCUT2D eigenvalue weighted by Crippen LogP contribution is -2.46. The molecule has 0 unspecified atom stereocenters. The summed E-state index contributed by atoms with van der Waals surface area (Å²) < 4.78 is 32.9. The molecule has 1 N–H and O–H groups in total. The molecule has 182 valence electrons. The van der Waals surface area contributed by atoms with Gasteiger partial charge in [0.05, 0.1) is 10.6 Å². The topological polar surface area (TPSA) is 99.3 Å². The number of ether oxygens (including phenoxy) is 1. The van der Waals surface area contributed by atoms with E-state index < -0.39 is 15.9 Å². The lowest BCUT2D eigenvalue weighted by Gasteiger charge is -2.30. The number of para-hydroxylation sites is 1. The van der Waals surface area contributed by atoms with Gasteiger partial charge in [-0.2, -0.15) is 4.31 Å². The Morgan fingerprint density at radius 3 is 2.56 bits per heavy atom. The van der Waals surface area contributed by atoms with Gasteiger partial charge in [0, 0.05) is 38.4 Å². The van der Waals surface area contributed by atoms with E-state index in [4.69, 9.17) is 4.74 Å². The van der Waals surface area contributed by atoms with Crippen molar-refractivity contribution < 1.29 is 22.7 Å². The largest absolute Gasteiger partial charge is 0.482 e. The van der Waals surface area contributed by atoms with Crippen molar-refractivity contribution in [2.45, 2.75) is 24.7 Å². The second-order valence-corrected chi connectivity index (χ2v) is 10.2. The molecule has 2 aliphatic heterocycles. The Kier molecular flexibility index (Phi) is 7.38. The van der Waals surface area contributed by atoms with Crippen molar-refractivity contribution in [3.63, 3.8) is 0 Å². The highest BCUT2D eigenvalue weighted by Gasteiger charge is 2.32. The quantitative estimate of drug-likeness (QED) is 0.581. The maximum atomic E-state index is 13.0. The smallest absolute Gasteiger partial charge is 0.265 e. The fraction of sp³-hybridized carbons (Fsp3) is 0.417. The summed E-state index contributed by atoms with van der Waals surface area (Å²) in [7, 11) is -3.66. The van der Waals surface area contributed by atoms with E-state index in [1.165, 1.54) is 21.3 Å². The van der Waals surface area contributed by atoms with Gasteiger partial charge in [0.25, 0.3) is 5.91 Å². The Morgan fingerprint density at radius 1 is 1.12 bits per heavy atom. The van der Waals surface area contributed by atoms with Crippen molar-refractivity contribution in [2.75, 3.05) is 55.7 Å². The van der Waals surface area contributed by atoms with Gasteiger partial charge in [-0.15, -0.1) is 0 Å². The van der Waals surface area contributed by atoms with Crippen LogP contribution in [0.4, 0.5) is 11.4 Å². The highest BCUT2D eigenvalue weighted by atomic mass is 32.2. The minimum atomic E-state index is -3.66. The van der Waals surface area contributed by atoms with Crippen molar-refractivity contribution >= 4 is 33.2 Å². The fourth-order valence-corrected chi connectivity index (χ4v) is 5.77. The van der Waals surface area contributed by atoms with Gasteiger partial charge in [-0.25, -0.2) is 8.42 Å². The molecule has 0 aliphatic carbocycles. The Bertz CT molecular complexity index is 1130. The predicted molar refractivity (Wildman–Crippen MR) is 130 cm³/mol. The van der Waals surface area contributed by atoms with Crippen LogP contribution in [0.2, 0.25) is 0 Å². The number of rotatable bonds is 9. The molecule has 2 aromatic rings. The monoisotopic (exact) mass is 486 g/mol. The van der Waals surface area contributed by atoms with Crippen molar-refractivity contribution in [3.05, 3.63) is 48.5 Å². The van der Waals surface area contributed by atoms with Gasteiger partial charge in [-0.05, 0) is 50.1 Å². The summed E-state index contributed by atoms with van der Waals surface area (Å²) in [5.41, 5.74) is 1.37. The fourth-order valence-electron chi connectivity index (χ4n) is 4.23. The van der Waals surface area contributed by atoms with Gasteiger partial charge in [-0.1, -0.05) is 18.2 Å². The molecule has 10 heteroatoms. The molecule has 1 saturated heterocycles. The molecule has 9 nitrogen and oxygen atoms in total. The summed E-state index contributed by atoms with van der Waals surface area (Å²) in [6, 6.07) is 14.4. The number of hydrogen-bond donors (Lipinski definition) is 1. The van der Waals surface area contributed by atoms with Crippen LogP contribution in [-0.2, 0) is 19.6 Å². The molecule has 0 aromatic heterocycles. The van der Waals surface area contributed by atoms with E-state index in [0.717, 1.165) is 25.1 Å². The third-order valence-corrected chi connectivity index (χ3v) is 7.98. The molecule has 0 saturated carbocycles. The highest BCUT2D eigenvalue weighted by molar-refractivity contribution is 7.89. The third-order valence-electron chi connectivity index (χ3n) is 6.08. The van der Waals surface area contributed by atoms with Crippen LogP contribution in [0.15, 0.2) is 53.4 Å². The molecule has 0 spiro atoms. The predicted octanol–water partition coefficient (Wildman–Crippen LogP) is 1.84. The molecule has 0 radical (unpaired) electrons. The molecule has 2 aliphatic rings. The minimum absolute atomic E-state index is 0.0957. The van der Waals surface area contributed by atoms with Crippen molar-refractivity contribution in [1.29, 1.82) is 0 Å². The Hall–Kier alpha value is -3.11. The normalized spacial score (nSPS) is 16.1. The van der Waals surface area contributed by atoms with E-state index in [1.54, 1.807) is 6.07 Å². The summed E-state index contributed by atoms with van der Waals surface area (Å²) in [6.45, 7) is 4.44. The molecule has 0 atom stereocenters. The number of benzene rings is 2. The number of likely N-dealkylation sites (N-methyl/N-ethyl adjacent to an activating group) is 1. The van der Waals surface area contributed by atoms with Crippen LogP contribution in [0.1, 0.15) is 19.8 Å². The van der Waals surface area contributed by atoms with Gasteiger partial charge in [0.2, 0.25) is 15.9 Å². The van der Waals surface area contributed by atoms with Gasteiger partial charge in [-0.3, -0.25) is 14.5 Å². The summed E-state index contributed by atoms with van der Waals surface area (Å²) in [5.74, 6) is -0.329. The SMILES string of the molecule is CCN(CCNC(=O)CN1C(=O)COc2ccc(S(=O)(=O)N3CCCC3)cc21)c1ccccc1. The molecule has 2 amide bonds. The average Bonchev–Trinajstić information content (AvgIpc) is 3.40. The zero-order valence-corrected chi connectivity index (χ0v) is 20.1. The average molecular weight is 487 g/mol. The highest BCUT2D eigenvalue weighted by Crippen LogP contribution is 2.35. The number of nitrogens with zero attached hydrogens (tertiary/aromatic N) is 3. The summed E-state index contributed by atoms with van der Waals surface area (Å²) >= 11 is 0. The first-order valence-electron chi connectivity index (χ1n) is 11.5. The Labute approximate surface area is 200 Å². The summed E-state index contributed by atoms with van der Waals surface area (Å²) in [4.78, 5) is 28.8. The van der Waals surface area contributed by atoms with E-state index in [0.29, 0.717) is 37.6 Å². The van der Waals surface area contributed by atoms with Gasteiger partial charge in [0.15, 0.2) is 6.61 Å². The van der Waals surface area contributed by atoms with E-state index in [2.05, 4.69) is 10.2 Å². The zero-order chi connectivity index (χ0) is 24.1. The van der Waals surface area contributed by atoms with Gasteiger partial charge < -0.3 is 15.0 Å². The number of amides is 2. The lowest BCUT2D eigenvalue weighted by molar-refractivity contribution is -0.125.